The van der Waals surface area contributed by atoms with Gasteiger partial charge in [0.15, 0.2) is 0 Å². The fourth-order valence-electron chi connectivity index (χ4n) is 2.42. The highest BCUT2D eigenvalue weighted by atomic mass is 16.3. The largest absolute Gasteiger partial charge is 0.394 e. The maximum Gasteiger partial charge on any atom is 0.269 e. The van der Waals surface area contributed by atoms with Gasteiger partial charge < -0.3 is 10.4 Å². The summed E-state index contributed by atoms with van der Waals surface area (Å²) >= 11 is 0. The van der Waals surface area contributed by atoms with E-state index in [1.54, 1.807) is 18.5 Å². The molecule has 3 aromatic rings. The van der Waals surface area contributed by atoms with Crippen molar-refractivity contribution in [1.29, 1.82) is 0 Å². The molecule has 0 aliphatic heterocycles. The van der Waals surface area contributed by atoms with E-state index in [1.807, 2.05) is 42.5 Å². The molecule has 6 nitrogen and oxygen atoms in total. The van der Waals surface area contributed by atoms with Crippen LogP contribution in [0.25, 0.3) is 11.3 Å². The summed E-state index contributed by atoms with van der Waals surface area (Å²) in [4.78, 5) is 16.4. The van der Waals surface area contributed by atoms with E-state index in [9.17, 15) is 9.90 Å². The Kier molecular flexibility index (Phi) is 4.98. The molecule has 6 heteroatoms. The number of nitrogens with one attached hydrogen (secondary N) is 2. The van der Waals surface area contributed by atoms with Crippen molar-refractivity contribution in [2.45, 2.75) is 12.5 Å². The Bertz CT molecular complexity index is 787. The van der Waals surface area contributed by atoms with Gasteiger partial charge in [0, 0.05) is 18.0 Å². The highest BCUT2D eigenvalue weighted by Crippen LogP contribution is 2.16. The number of aliphatic hydroxyl groups is 1. The summed E-state index contributed by atoms with van der Waals surface area (Å²) in [5.74, 6) is -0.298. The first kappa shape index (κ1) is 15.9. The van der Waals surface area contributed by atoms with E-state index in [-0.39, 0.29) is 18.6 Å². The lowest BCUT2D eigenvalue weighted by Gasteiger charge is -2.15. The van der Waals surface area contributed by atoms with Crippen molar-refractivity contribution < 1.29 is 9.90 Å². The smallest absolute Gasteiger partial charge is 0.269 e. The molecule has 0 saturated carbocycles. The first-order valence-corrected chi connectivity index (χ1v) is 7.67. The minimum absolute atomic E-state index is 0.135. The molecule has 0 bridgehead atoms. The molecule has 2 heterocycles. The number of aromatic nitrogens is 3. The Morgan fingerprint density at radius 1 is 1.21 bits per heavy atom. The molecule has 1 aromatic carbocycles. The Labute approximate surface area is 139 Å². The second-order valence-corrected chi connectivity index (χ2v) is 5.45. The predicted molar refractivity (Wildman–Crippen MR) is 90.3 cm³/mol. The van der Waals surface area contributed by atoms with Gasteiger partial charge in [-0.1, -0.05) is 30.3 Å². The fourth-order valence-corrected chi connectivity index (χ4v) is 2.42. The third-order valence-corrected chi connectivity index (χ3v) is 3.66. The Morgan fingerprint density at radius 3 is 2.75 bits per heavy atom. The zero-order chi connectivity index (χ0) is 16.8. The number of carbonyl (C=O) groups excluding carboxylic acids is 1. The van der Waals surface area contributed by atoms with Gasteiger partial charge in [-0.2, -0.15) is 5.10 Å². The number of hydrogen-bond donors (Lipinski definition) is 3. The number of amides is 1. The van der Waals surface area contributed by atoms with Crippen molar-refractivity contribution in [2.75, 3.05) is 6.61 Å². The zero-order valence-electron chi connectivity index (χ0n) is 13.0. The van der Waals surface area contributed by atoms with E-state index >= 15 is 0 Å². The van der Waals surface area contributed by atoms with Gasteiger partial charge >= 0.3 is 0 Å². The van der Waals surface area contributed by atoms with Crippen LogP contribution >= 0.6 is 0 Å². The topological polar surface area (TPSA) is 90.9 Å². The Hall–Kier alpha value is -2.99. The van der Waals surface area contributed by atoms with Crippen LogP contribution in [0.2, 0.25) is 0 Å². The molecular weight excluding hydrogens is 304 g/mol. The number of benzene rings is 1. The van der Waals surface area contributed by atoms with Gasteiger partial charge in [0.05, 0.1) is 18.3 Å². The third kappa shape index (κ3) is 3.85. The quantitative estimate of drug-likeness (QED) is 0.645. The first-order chi connectivity index (χ1) is 11.8. The second kappa shape index (κ2) is 7.52. The average molecular weight is 322 g/mol. The minimum Gasteiger partial charge on any atom is -0.394 e. The van der Waals surface area contributed by atoms with Gasteiger partial charge in [0.25, 0.3) is 5.91 Å². The van der Waals surface area contributed by atoms with Gasteiger partial charge in [0.2, 0.25) is 0 Å². The van der Waals surface area contributed by atoms with Gasteiger partial charge in [-0.3, -0.25) is 14.9 Å². The SMILES string of the molecule is O=C(NC(CO)Cc1ccccc1)c1cc(-c2cccnc2)n[nH]1. The molecule has 1 atom stereocenters. The van der Waals surface area contributed by atoms with Gasteiger partial charge in [-0.25, -0.2) is 0 Å². The molecular formula is C18H18N4O2. The van der Waals surface area contributed by atoms with Crippen LogP contribution in [-0.4, -0.2) is 38.8 Å². The number of carbonyl (C=O) groups is 1. The first-order valence-electron chi connectivity index (χ1n) is 7.67. The number of hydrogen-bond acceptors (Lipinski definition) is 4. The van der Waals surface area contributed by atoms with Crippen LogP contribution in [-0.2, 0) is 6.42 Å². The van der Waals surface area contributed by atoms with E-state index in [0.717, 1.165) is 11.1 Å². The summed E-state index contributed by atoms with van der Waals surface area (Å²) < 4.78 is 0. The molecule has 0 saturated heterocycles. The van der Waals surface area contributed by atoms with Crippen molar-refractivity contribution in [3.8, 4) is 11.3 Å². The lowest BCUT2D eigenvalue weighted by atomic mass is 10.1. The van der Waals surface area contributed by atoms with E-state index < -0.39 is 0 Å². The van der Waals surface area contributed by atoms with E-state index in [1.165, 1.54) is 0 Å². The van der Waals surface area contributed by atoms with Crippen molar-refractivity contribution in [1.82, 2.24) is 20.5 Å². The summed E-state index contributed by atoms with van der Waals surface area (Å²) in [5, 5.41) is 19.2. The zero-order valence-corrected chi connectivity index (χ0v) is 13.0. The summed E-state index contributed by atoms with van der Waals surface area (Å²) in [6.07, 6.45) is 3.93. The molecule has 0 fully saturated rings. The Balaban J connectivity index is 1.67. The van der Waals surface area contributed by atoms with Crippen LogP contribution < -0.4 is 5.32 Å². The monoisotopic (exact) mass is 322 g/mol. The summed E-state index contributed by atoms with van der Waals surface area (Å²) in [6.45, 7) is -0.135. The molecule has 3 rings (SSSR count). The van der Waals surface area contributed by atoms with Crippen LogP contribution in [0.3, 0.4) is 0 Å². The molecule has 0 spiro atoms. The molecule has 2 aromatic heterocycles. The molecule has 122 valence electrons. The lowest BCUT2D eigenvalue weighted by Crippen LogP contribution is -2.39. The van der Waals surface area contributed by atoms with Crippen molar-refractivity contribution >= 4 is 5.91 Å². The number of nitrogens with zero attached hydrogens (tertiary/aromatic N) is 2. The van der Waals surface area contributed by atoms with Crippen LogP contribution in [0.1, 0.15) is 16.1 Å². The van der Waals surface area contributed by atoms with Gasteiger partial charge in [0.1, 0.15) is 5.69 Å². The summed E-state index contributed by atoms with van der Waals surface area (Å²) in [7, 11) is 0. The van der Waals surface area contributed by atoms with Crippen molar-refractivity contribution in [3.63, 3.8) is 0 Å². The number of pyridine rings is 1. The molecule has 24 heavy (non-hydrogen) atoms. The standard InChI is InChI=1S/C18H18N4O2/c23-12-15(9-13-5-2-1-3-6-13)20-18(24)17-10-16(21-22-17)14-7-4-8-19-11-14/h1-8,10-11,15,23H,9,12H2,(H,20,24)(H,21,22). The van der Waals surface area contributed by atoms with Crippen molar-refractivity contribution in [3.05, 3.63) is 72.2 Å². The number of rotatable bonds is 6. The number of aromatic amines is 1. The normalized spacial score (nSPS) is 11.9. The highest BCUT2D eigenvalue weighted by Gasteiger charge is 2.16. The van der Waals surface area contributed by atoms with Crippen LogP contribution in [0.4, 0.5) is 0 Å². The maximum absolute atomic E-state index is 12.3. The van der Waals surface area contributed by atoms with E-state index in [4.69, 9.17) is 0 Å². The minimum atomic E-state index is -0.356. The highest BCUT2D eigenvalue weighted by molar-refractivity contribution is 5.93. The van der Waals surface area contributed by atoms with Crippen LogP contribution in [0.15, 0.2) is 60.9 Å². The molecule has 1 unspecified atom stereocenters. The lowest BCUT2D eigenvalue weighted by molar-refractivity contribution is 0.0911. The molecule has 0 aliphatic carbocycles. The molecule has 1 amide bonds. The third-order valence-electron chi connectivity index (χ3n) is 3.66. The second-order valence-electron chi connectivity index (χ2n) is 5.45. The number of H-pyrrole nitrogens is 1. The number of aliphatic hydroxyl groups excluding tert-OH is 1. The molecule has 3 N–H and O–H groups in total. The summed E-state index contributed by atoms with van der Waals surface area (Å²) in [5.41, 5.74) is 2.88. The van der Waals surface area contributed by atoms with Crippen LogP contribution in [0.5, 0.6) is 0 Å². The van der Waals surface area contributed by atoms with E-state index in [0.29, 0.717) is 17.8 Å². The van der Waals surface area contributed by atoms with Crippen molar-refractivity contribution in [2.24, 2.45) is 0 Å². The average Bonchev–Trinajstić information content (AvgIpc) is 3.13. The Morgan fingerprint density at radius 2 is 2.04 bits per heavy atom. The van der Waals surface area contributed by atoms with E-state index in [2.05, 4.69) is 20.5 Å². The fraction of sp³-hybridized carbons (Fsp3) is 0.167. The van der Waals surface area contributed by atoms with Gasteiger partial charge in [-0.15, -0.1) is 0 Å². The maximum atomic E-state index is 12.3. The molecule has 0 aliphatic rings. The van der Waals surface area contributed by atoms with Crippen LogP contribution in [0, 0.1) is 0 Å². The predicted octanol–water partition coefficient (Wildman–Crippen LogP) is 1.81. The molecule has 0 radical (unpaired) electrons. The summed E-state index contributed by atoms with van der Waals surface area (Å²) in [6, 6.07) is 14.7. The van der Waals surface area contributed by atoms with Gasteiger partial charge in [-0.05, 0) is 30.2 Å².